The minimum Gasteiger partial charge on any atom is -0.367 e. The molecule has 1 fully saturated rings. The molecule has 0 bridgehead atoms. The molecule has 0 atom stereocenters. The fraction of sp³-hybridized carbons (Fsp3) is 0.350. The van der Waals surface area contributed by atoms with Crippen LogP contribution >= 0.6 is 23.2 Å². The highest BCUT2D eigenvalue weighted by molar-refractivity contribution is 6.88. The van der Waals surface area contributed by atoms with Crippen LogP contribution in [0.15, 0.2) is 42.5 Å². The van der Waals surface area contributed by atoms with E-state index in [9.17, 15) is 4.79 Å². The van der Waals surface area contributed by atoms with Gasteiger partial charge >= 0.3 is 6.03 Å². The number of hydrogen-bond acceptors (Lipinski definition) is 2. The van der Waals surface area contributed by atoms with Crippen LogP contribution in [0.2, 0.25) is 29.7 Å². The summed E-state index contributed by atoms with van der Waals surface area (Å²) in [5.41, 5.74) is 1.80. The number of amides is 2. The van der Waals surface area contributed by atoms with Gasteiger partial charge in [0.25, 0.3) is 0 Å². The average molecular weight is 422 g/mol. The van der Waals surface area contributed by atoms with Gasteiger partial charge in [-0.1, -0.05) is 60.2 Å². The zero-order chi connectivity index (χ0) is 19.6. The lowest BCUT2D eigenvalue weighted by molar-refractivity contribution is 0.208. The van der Waals surface area contributed by atoms with Crippen LogP contribution in [0.3, 0.4) is 0 Å². The van der Waals surface area contributed by atoms with Crippen LogP contribution in [0.5, 0.6) is 0 Å². The smallest absolute Gasteiger partial charge is 0.321 e. The predicted octanol–water partition coefficient (Wildman–Crippen LogP) is 4.89. The van der Waals surface area contributed by atoms with Crippen LogP contribution in [-0.4, -0.2) is 45.2 Å². The number of carbonyl (C=O) groups is 1. The number of piperazine rings is 1. The second-order valence-corrected chi connectivity index (χ2v) is 13.7. The van der Waals surface area contributed by atoms with Crippen LogP contribution in [0.4, 0.5) is 16.2 Å². The minimum atomic E-state index is -1.32. The van der Waals surface area contributed by atoms with Crippen molar-refractivity contribution in [3.63, 3.8) is 0 Å². The summed E-state index contributed by atoms with van der Waals surface area (Å²) in [4.78, 5) is 16.6. The first-order chi connectivity index (χ1) is 12.7. The monoisotopic (exact) mass is 421 g/mol. The molecule has 4 nitrogen and oxygen atoms in total. The number of urea groups is 1. The van der Waals surface area contributed by atoms with Gasteiger partial charge in [-0.05, 0) is 30.3 Å². The Kier molecular flexibility index (Phi) is 6.04. The molecule has 0 spiro atoms. The number of nitrogens with zero attached hydrogens (tertiary/aromatic N) is 2. The molecule has 3 rings (SSSR count). The van der Waals surface area contributed by atoms with Gasteiger partial charge in [0, 0.05) is 36.9 Å². The summed E-state index contributed by atoms with van der Waals surface area (Å²) in [7, 11) is -1.32. The van der Waals surface area contributed by atoms with Gasteiger partial charge in [0.05, 0.1) is 18.8 Å². The number of benzene rings is 2. The summed E-state index contributed by atoms with van der Waals surface area (Å²) in [5, 5.41) is 5.66. The average Bonchev–Trinajstić information content (AvgIpc) is 2.61. The Morgan fingerprint density at radius 3 is 2.15 bits per heavy atom. The van der Waals surface area contributed by atoms with E-state index in [2.05, 4.69) is 42.0 Å². The van der Waals surface area contributed by atoms with Gasteiger partial charge in [-0.2, -0.15) is 0 Å². The second-order valence-electron chi connectivity index (χ2n) is 7.83. The van der Waals surface area contributed by atoms with E-state index in [1.165, 1.54) is 5.19 Å². The highest BCUT2D eigenvalue weighted by Crippen LogP contribution is 2.29. The number of nitrogens with one attached hydrogen (secondary N) is 1. The molecule has 1 N–H and O–H groups in total. The molecule has 1 aliphatic heterocycles. The van der Waals surface area contributed by atoms with Crippen molar-refractivity contribution in [3.8, 4) is 0 Å². The molecule has 0 aromatic heterocycles. The molecular formula is C20H25Cl2N3OSi. The molecule has 27 heavy (non-hydrogen) atoms. The normalized spacial score (nSPS) is 15.0. The zero-order valence-corrected chi connectivity index (χ0v) is 18.4. The SMILES string of the molecule is C[Si](C)(C)c1ccc(NC(=O)N2CCN(c3ccc(Cl)cc3Cl)CC2)cc1. The highest BCUT2D eigenvalue weighted by Gasteiger charge is 2.23. The van der Waals surface area contributed by atoms with E-state index < -0.39 is 8.07 Å². The quantitative estimate of drug-likeness (QED) is 0.715. The van der Waals surface area contributed by atoms with Gasteiger partial charge in [-0.15, -0.1) is 0 Å². The molecule has 2 amide bonds. The van der Waals surface area contributed by atoms with Crippen molar-refractivity contribution in [1.29, 1.82) is 0 Å². The maximum Gasteiger partial charge on any atom is 0.321 e. The van der Waals surface area contributed by atoms with Crippen LogP contribution in [-0.2, 0) is 0 Å². The second kappa shape index (κ2) is 8.13. The number of carbonyl (C=O) groups excluding carboxylic acids is 1. The Morgan fingerprint density at radius 2 is 1.59 bits per heavy atom. The molecule has 1 aliphatic rings. The fourth-order valence-corrected chi connectivity index (χ4v) is 4.84. The maximum absolute atomic E-state index is 12.6. The van der Waals surface area contributed by atoms with Gasteiger partial charge in [0.1, 0.15) is 0 Å². The Morgan fingerprint density at radius 1 is 0.963 bits per heavy atom. The molecule has 2 aromatic rings. The minimum absolute atomic E-state index is 0.0578. The van der Waals surface area contributed by atoms with Crippen molar-refractivity contribution in [2.24, 2.45) is 0 Å². The van der Waals surface area contributed by atoms with E-state index in [4.69, 9.17) is 23.2 Å². The molecule has 2 aromatic carbocycles. The van der Waals surface area contributed by atoms with Gasteiger partial charge in [-0.3, -0.25) is 0 Å². The molecule has 0 saturated carbocycles. The van der Waals surface area contributed by atoms with Crippen LogP contribution < -0.4 is 15.4 Å². The van der Waals surface area contributed by atoms with E-state index in [1.807, 2.05) is 29.2 Å². The van der Waals surface area contributed by atoms with Crippen molar-refractivity contribution in [2.75, 3.05) is 36.4 Å². The summed E-state index contributed by atoms with van der Waals surface area (Å²) in [6, 6.07) is 13.7. The molecule has 1 heterocycles. The van der Waals surface area contributed by atoms with Crippen molar-refractivity contribution in [1.82, 2.24) is 4.90 Å². The summed E-state index contributed by atoms with van der Waals surface area (Å²) in [6.07, 6.45) is 0. The third-order valence-electron chi connectivity index (χ3n) is 4.82. The molecule has 0 unspecified atom stereocenters. The van der Waals surface area contributed by atoms with Crippen LogP contribution in [0, 0.1) is 0 Å². The summed E-state index contributed by atoms with van der Waals surface area (Å²) in [6.45, 7) is 9.72. The van der Waals surface area contributed by atoms with Crippen molar-refractivity contribution in [2.45, 2.75) is 19.6 Å². The Bertz CT molecular complexity index is 813. The van der Waals surface area contributed by atoms with E-state index >= 15 is 0 Å². The maximum atomic E-state index is 12.6. The van der Waals surface area contributed by atoms with Crippen molar-refractivity contribution in [3.05, 3.63) is 52.5 Å². The molecule has 7 heteroatoms. The van der Waals surface area contributed by atoms with Gasteiger partial charge in [0.2, 0.25) is 0 Å². The number of anilines is 2. The van der Waals surface area contributed by atoms with Gasteiger partial charge in [0.15, 0.2) is 0 Å². The van der Waals surface area contributed by atoms with E-state index in [-0.39, 0.29) is 6.03 Å². The Hall–Kier alpha value is -1.69. The van der Waals surface area contributed by atoms with E-state index in [0.29, 0.717) is 23.1 Å². The predicted molar refractivity (Wildman–Crippen MR) is 119 cm³/mol. The first-order valence-corrected chi connectivity index (χ1v) is 13.4. The Balaban J connectivity index is 1.57. The molecule has 144 valence electrons. The standard InChI is InChI=1S/C20H25Cl2N3OSi/c1-27(2,3)17-7-5-16(6-8-17)23-20(26)25-12-10-24(11-13-25)19-9-4-15(21)14-18(19)22/h4-9,14H,10-13H2,1-3H3,(H,23,26). The van der Waals surface area contributed by atoms with Crippen LogP contribution in [0.25, 0.3) is 0 Å². The number of halogens is 2. The van der Waals surface area contributed by atoms with Crippen molar-refractivity contribution >= 4 is 53.9 Å². The number of hydrogen-bond donors (Lipinski definition) is 1. The largest absolute Gasteiger partial charge is 0.367 e. The zero-order valence-electron chi connectivity index (χ0n) is 15.9. The lowest BCUT2D eigenvalue weighted by atomic mass is 10.2. The molecule has 1 saturated heterocycles. The summed E-state index contributed by atoms with van der Waals surface area (Å²) >= 11 is 12.3. The number of rotatable bonds is 3. The topological polar surface area (TPSA) is 35.6 Å². The van der Waals surface area contributed by atoms with Gasteiger partial charge < -0.3 is 15.1 Å². The summed E-state index contributed by atoms with van der Waals surface area (Å²) in [5.74, 6) is 0. The first-order valence-electron chi connectivity index (χ1n) is 9.10. The molecule has 0 aliphatic carbocycles. The fourth-order valence-electron chi connectivity index (χ4n) is 3.14. The lowest BCUT2D eigenvalue weighted by Crippen LogP contribution is -2.50. The van der Waals surface area contributed by atoms with Gasteiger partial charge in [-0.25, -0.2) is 4.79 Å². The third-order valence-corrected chi connectivity index (χ3v) is 7.42. The van der Waals surface area contributed by atoms with E-state index in [1.54, 1.807) is 6.07 Å². The highest BCUT2D eigenvalue weighted by atomic mass is 35.5. The first kappa shape index (κ1) is 20.1. The Labute approximate surface area is 172 Å². The van der Waals surface area contributed by atoms with Crippen molar-refractivity contribution < 1.29 is 4.79 Å². The summed E-state index contributed by atoms with van der Waals surface area (Å²) < 4.78 is 0. The van der Waals surface area contributed by atoms with E-state index in [0.717, 1.165) is 24.5 Å². The van der Waals surface area contributed by atoms with Crippen LogP contribution in [0.1, 0.15) is 0 Å². The third kappa shape index (κ3) is 4.97. The molecule has 0 radical (unpaired) electrons. The lowest BCUT2D eigenvalue weighted by Gasteiger charge is -2.36. The molecular weight excluding hydrogens is 397 g/mol.